The van der Waals surface area contributed by atoms with Crippen LogP contribution in [0.1, 0.15) is 43.2 Å². The van der Waals surface area contributed by atoms with Gasteiger partial charge in [0.1, 0.15) is 12.4 Å². The van der Waals surface area contributed by atoms with Crippen molar-refractivity contribution in [2.75, 3.05) is 32.8 Å². The lowest BCUT2D eigenvalue weighted by Gasteiger charge is -2.48. The standard InChI is InChI=1S/C26H33N3O3/c30-25(28-21-26(12-17-31-18-13-26)29-15-2-1-3-16-29)11-8-22-6-9-24(10-7-22)32-20-23-5-4-14-27-19-23/h4-11,14,19H,1-3,12-13,15-18,20-21H2,(H,28,30)/b11-8+. The van der Waals surface area contributed by atoms with Crippen LogP contribution in [-0.4, -0.2) is 54.2 Å². The number of benzene rings is 1. The number of rotatable bonds is 8. The minimum absolute atomic E-state index is 0.0371. The van der Waals surface area contributed by atoms with E-state index in [1.807, 2.05) is 42.5 Å². The Kier molecular flexibility index (Phi) is 7.91. The molecule has 170 valence electrons. The molecule has 1 amide bonds. The molecule has 3 heterocycles. The van der Waals surface area contributed by atoms with Crippen molar-refractivity contribution in [3.05, 3.63) is 66.0 Å². The Morgan fingerprint density at radius 3 is 2.62 bits per heavy atom. The van der Waals surface area contributed by atoms with Crippen molar-refractivity contribution in [3.8, 4) is 5.75 Å². The van der Waals surface area contributed by atoms with Crippen molar-refractivity contribution in [1.82, 2.24) is 15.2 Å². The van der Waals surface area contributed by atoms with E-state index in [-0.39, 0.29) is 11.4 Å². The van der Waals surface area contributed by atoms with E-state index in [0.717, 1.165) is 56.0 Å². The van der Waals surface area contributed by atoms with Crippen LogP contribution in [0.15, 0.2) is 54.9 Å². The normalized spacial score (nSPS) is 19.0. The van der Waals surface area contributed by atoms with Crippen molar-refractivity contribution in [3.63, 3.8) is 0 Å². The number of amides is 1. The van der Waals surface area contributed by atoms with Gasteiger partial charge in [-0.2, -0.15) is 0 Å². The fourth-order valence-corrected chi connectivity index (χ4v) is 4.53. The summed E-state index contributed by atoms with van der Waals surface area (Å²) in [6.07, 6.45) is 12.8. The molecule has 2 aromatic rings. The third-order valence-corrected chi connectivity index (χ3v) is 6.48. The number of carbonyl (C=O) groups excluding carboxylic acids is 1. The molecule has 6 nitrogen and oxygen atoms in total. The number of piperidine rings is 1. The minimum Gasteiger partial charge on any atom is -0.489 e. The summed E-state index contributed by atoms with van der Waals surface area (Å²) in [5, 5.41) is 3.16. The zero-order valence-electron chi connectivity index (χ0n) is 18.7. The van der Waals surface area contributed by atoms with Crippen molar-refractivity contribution in [1.29, 1.82) is 0 Å². The van der Waals surface area contributed by atoms with Crippen LogP contribution >= 0.6 is 0 Å². The zero-order chi connectivity index (χ0) is 22.1. The lowest BCUT2D eigenvalue weighted by molar-refractivity contribution is -0.118. The summed E-state index contributed by atoms with van der Waals surface area (Å²) in [6, 6.07) is 11.6. The van der Waals surface area contributed by atoms with Gasteiger partial charge < -0.3 is 14.8 Å². The molecule has 0 atom stereocenters. The van der Waals surface area contributed by atoms with Crippen LogP contribution in [-0.2, 0) is 16.1 Å². The van der Waals surface area contributed by atoms with E-state index in [9.17, 15) is 4.79 Å². The summed E-state index contributed by atoms with van der Waals surface area (Å²) < 4.78 is 11.4. The van der Waals surface area contributed by atoms with E-state index < -0.39 is 0 Å². The molecule has 32 heavy (non-hydrogen) atoms. The summed E-state index contributed by atoms with van der Waals surface area (Å²) in [5.41, 5.74) is 2.03. The molecule has 2 aliphatic heterocycles. The summed E-state index contributed by atoms with van der Waals surface area (Å²) in [4.78, 5) is 19.2. The number of pyridine rings is 1. The van der Waals surface area contributed by atoms with Gasteiger partial charge in [0, 0.05) is 49.3 Å². The number of nitrogens with zero attached hydrogens (tertiary/aromatic N) is 2. The van der Waals surface area contributed by atoms with Crippen LogP contribution in [0.3, 0.4) is 0 Å². The lowest BCUT2D eigenvalue weighted by atomic mass is 9.86. The predicted octanol–water partition coefficient (Wildman–Crippen LogP) is 3.83. The van der Waals surface area contributed by atoms with Gasteiger partial charge in [-0.1, -0.05) is 24.6 Å². The summed E-state index contributed by atoms with van der Waals surface area (Å²) >= 11 is 0. The van der Waals surface area contributed by atoms with Gasteiger partial charge in [0.05, 0.1) is 0 Å². The predicted molar refractivity (Wildman–Crippen MR) is 125 cm³/mol. The van der Waals surface area contributed by atoms with Crippen LogP contribution in [0.4, 0.5) is 0 Å². The fourth-order valence-electron chi connectivity index (χ4n) is 4.53. The molecule has 2 aliphatic rings. The summed E-state index contributed by atoms with van der Waals surface area (Å²) in [5.74, 6) is 0.739. The third kappa shape index (κ3) is 6.17. The Morgan fingerprint density at radius 1 is 1.12 bits per heavy atom. The number of carbonyl (C=O) groups is 1. The van der Waals surface area contributed by atoms with Gasteiger partial charge in [-0.05, 0) is 68.6 Å². The van der Waals surface area contributed by atoms with Gasteiger partial charge in [-0.3, -0.25) is 14.7 Å². The summed E-state index contributed by atoms with van der Waals surface area (Å²) in [7, 11) is 0. The van der Waals surface area contributed by atoms with Crippen LogP contribution in [0.25, 0.3) is 6.08 Å². The van der Waals surface area contributed by atoms with Crippen LogP contribution in [0.5, 0.6) is 5.75 Å². The molecule has 2 fully saturated rings. The third-order valence-electron chi connectivity index (χ3n) is 6.48. The molecule has 1 N–H and O–H groups in total. The van der Waals surface area contributed by atoms with Crippen LogP contribution in [0, 0.1) is 0 Å². The van der Waals surface area contributed by atoms with Gasteiger partial charge in [0.2, 0.25) is 5.91 Å². The van der Waals surface area contributed by atoms with Crippen LogP contribution < -0.4 is 10.1 Å². The van der Waals surface area contributed by atoms with Gasteiger partial charge in [-0.15, -0.1) is 0 Å². The quantitative estimate of drug-likeness (QED) is 0.639. The molecule has 1 aromatic heterocycles. The molecule has 0 saturated carbocycles. The highest BCUT2D eigenvalue weighted by atomic mass is 16.5. The molecular weight excluding hydrogens is 402 g/mol. The van der Waals surface area contributed by atoms with Crippen molar-refractivity contribution < 1.29 is 14.3 Å². The van der Waals surface area contributed by atoms with Crippen molar-refractivity contribution >= 4 is 12.0 Å². The largest absolute Gasteiger partial charge is 0.489 e. The molecule has 0 unspecified atom stereocenters. The topological polar surface area (TPSA) is 63.7 Å². The van der Waals surface area contributed by atoms with E-state index in [2.05, 4.69) is 15.2 Å². The number of hydrogen-bond donors (Lipinski definition) is 1. The molecular formula is C26H33N3O3. The molecule has 1 aromatic carbocycles. The van der Waals surface area contributed by atoms with Crippen molar-refractivity contribution in [2.45, 2.75) is 44.2 Å². The number of likely N-dealkylation sites (tertiary alicyclic amines) is 1. The first-order valence-electron chi connectivity index (χ1n) is 11.6. The fraction of sp³-hybridized carbons (Fsp3) is 0.462. The van der Waals surface area contributed by atoms with E-state index >= 15 is 0 Å². The number of hydrogen-bond acceptors (Lipinski definition) is 5. The smallest absolute Gasteiger partial charge is 0.244 e. The number of aromatic nitrogens is 1. The minimum atomic E-state index is -0.0511. The van der Waals surface area contributed by atoms with Gasteiger partial charge in [0.15, 0.2) is 0 Å². The van der Waals surface area contributed by atoms with E-state index in [4.69, 9.17) is 9.47 Å². The average Bonchev–Trinajstić information content (AvgIpc) is 2.87. The lowest BCUT2D eigenvalue weighted by Crippen LogP contribution is -2.59. The highest BCUT2D eigenvalue weighted by molar-refractivity contribution is 5.91. The Morgan fingerprint density at radius 2 is 1.91 bits per heavy atom. The molecule has 0 spiro atoms. The van der Waals surface area contributed by atoms with Crippen molar-refractivity contribution in [2.24, 2.45) is 0 Å². The maximum atomic E-state index is 12.5. The Balaban J connectivity index is 1.27. The molecule has 0 bridgehead atoms. The second kappa shape index (κ2) is 11.2. The monoisotopic (exact) mass is 435 g/mol. The van der Waals surface area contributed by atoms with Gasteiger partial charge in [0.25, 0.3) is 0 Å². The first kappa shape index (κ1) is 22.5. The second-order valence-corrected chi connectivity index (χ2v) is 8.65. The summed E-state index contributed by atoms with van der Waals surface area (Å²) in [6.45, 7) is 4.96. The zero-order valence-corrected chi connectivity index (χ0v) is 18.7. The molecule has 2 saturated heterocycles. The molecule has 4 rings (SSSR count). The number of ether oxygens (including phenoxy) is 2. The van der Waals surface area contributed by atoms with Crippen LogP contribution in [0.2, 0.25) is 0 Å². The average molecular weight is 436 g/mol. The first-order chi connectivity index (χ1) is 15.7. The first-order valence-corrected chi connectivity index (χ1v) is 11.6. The van der Waals surface area contributed by atoms with E-state index in [0.29, 0.717) is 13.2 Å². The highest BCUT2D eigenvalue weighted by Gasteiger charge is 2.38. The Labute approximate surface area is 190 Å². The Hall–Kier alpha value is -2.70. The number of nitrogens with one attached hydrogen (secondary N) is 1. The van der Waals surface area contributed by atoms with Gasteiger partial charge in [-0.25, -0.2) is 0 Å². The van der Waals surface area contributed by atoms with E-state index in [1.54, 1.807) is 18.5 Å². The SMILES string of the molecule is O=C(/C=C/c1ccc(OCc2cccnc2)cc1)NCC1(N2CCCCC2)CCOCC1. The molecule has 6 heteroatoms. The van der Waals surface area contributed by atoms with E-state index in [1.165, 1.54) is 19.3 Å². The maximum Gasteiger partial charge on any atom is 0.244 e. The Bertz CT molecular complexity index is 871. The van der Waals surface area contributed by atoms with Gasteiger partial charge >= 0.3 is 0 Å². The highest BCUT2D eigenvalue weighted by Crippen LogP contribution is 2.30. The molecule has 0 aliphatic carbocycles. The molecule has 0 radical (unpaired) electrons. The second-order valence-electron chi connectivity index (χ2n) is 8.65. The maximum absolute atomic E-state index is 12.5.